The maximum absolute atomic E-state index is 12.4. The number of carbonyl (C=O) groups excluding carboxylic acids is 1. The normalized spacial score (nSPS) is 11.1. The molecule has 0 aliphatic heterocycles. The molecule has 3 rings (SSSR count). The predicted octanol–water partition coefficient (Wildman–Crippen LogP) is 2.85. The van der Waals surface area contributed by atoms with Crippen LogP contribution in [0.15, 0.2) is 64.9 Å². The summed E-state index contributed by atoms with van der Waals surface area (Å²) in [5, 5.41) is 15.1. The number of methoxy groups -OCH3 is 2. The topological polar surface area (TPSA) is 129 Å². The summed E-state index contributed by atoms with van der Waals surface area (Å²) in [6.07, 6.45) is 5.27. The third-order valence-electron chi connectivity index (χ3n) is 4.09. The van der Waals surface area contributed by atoms with E-state index in [-0.39, 0.29) is 17.6 Å². The summed E-state index contributed by atoms with van der Waals surface area (Å²) < 4.78 is 11.7. The third-order valence-corrected chi connectivity index (χ3v) is 5.03. The Morgan fingerprint density at radius 3 is 2.75 bits per heavy atom. The Balaban J connectivity index is 1.52. The number of hydrogen-bond acceptors (Lipinski definition) is 9. The van der Waals surface area contributed by atoms with Gasteiger partial charge in [0.2, 0.25) is 11.1 Å². The van der Waals surface area contributed by atoms with Crippen molar-refractivity contribution < 1.29 is 14.3 Å². The van der Waals surface area contributed by atoms with Gasteiger partial charge in [-0.1, -0.05) is 48.2 Å². The Bertz CT molecular complexity index is 1100. The summed E-state index contributed by atoms with van der Waals surface area (Å²) in [5.74, 6) is 7.16. The van der Waals surface area contributed by atoms with E-state index in [1.807, 2.05) is 36.4 Å². The van der Waals surface area contributed by atoms with Gasteiger partial charge < -0.3 is 20.6 Å². The minimum atomic E-state index is -0.261. The molecule has 2 aromatic carbocycles. The lowest BCUT2D eigenvalue weighted by Crippen LogP contribution is -2.17. The number of aromatic nitrogens is 3. The van der Waals surface area contributed by atoms with E-state index >= 15 is 0 Å². The monoisotopic (exact) mass is 453 g/mol. The number of amides is 1. The van der Waals surface area contributed by atoms with Crippen molar-refractivity contribution in [3.63, 3.8) is 0 Å². The zero-order valence-electron chi connectivity index (χ0n) is 17.6. The van der Waals surface area contributed by atoms with Crippen LogP contribution < -0.4 is 26.1 Å². The first-order chi connectivity index (χ1) is 15.6. The second-order valence-electron chi connectivity index (χ2n) is 6.24. The number of thioether (sulfide) groups is 1. The summed E-state index contributed by atoms with van der Waals surface area (Å²) in [5.41, 5.74) is 4.28. The summed E-state index contributed by atoms with van der Waals surface area (Å²) in [6, 6.07) is 15.0. The van der Waals surface area contributed by atoms with Gasteiger partial charge in [0.25, 0.3) is 5.95 Å². The maximum atomic E-state index is 12.4. The lowest BCUT2D eigenvalue weighted by Gasteiger charge is -2.11. The molecule has 0 aliphatic rings. The van der Waals surface area contributed by atoms with Crippen molar-refractivity contribution in [3.8, 4) is 11.5 Å². The molecule has 0 radical (unpaired) electrons. The number of nitrogens with zero attached hydrogens (tertiary/aromatic N) is 4. The van der Waals surface area contributed by atoms with Crippen LogP contribution in [0.25, 0.3) is 6.08 Å². The lowest BCUT2D eigenvalue weighted by molar-refractivity contribution is -0.113. The van der Waals surface area contributed by atoms with Crippen LogP contribution in [-0.4, -0.2) is 47.0 Å². The first kappa shape index (κ1) is 22.7. The number of hydrogen-bond donors (Lipinski definition) is 3. The highest BCUT2D eigenvalue weighted by Gasteiger charge is 2.14. The SMILES string of the molecule is COc1ccc(OC)c(NC(=O)CSc2nnc(N/N=C/C=C/c3ccccc3)n2N)c1. The average molecular weight is 454 g/mol. The number of hydrazone groups is 1. The minimum Gasteiger partial charge on any atom is -0.497 e. The molecular formula is C21H23N7O3S. The number of anilines is 2. The van der Waals surface area contributed by atoms with Crippen LogP contribution in [0.4, 0.5) is 11.6 Å². The molecule has 0 saturated heterocycles. The Morgan fingerprint density at radius 1 is 1.19 bits per heavy atom. The molecule has 0 atom stereocenters. The van der Waals surface area contributed by atoms with Gasteiger partial charge in [0.1, 0.15) is 11.5 Å². The van der Waals surface area contributed by atoms with E-state index < -0.39 is 0 Å². The Hall–Kier alpha value is -3.99. The zero-order chi connectivity index (χ0) is 22.8. The number of nitrogens with one attached hydrogen (secondary N) is 2. The van der Waals surface area contributed by atoms with Crippen LogP contribution in [-0.2, 0) is 4.79 Å². The highest BCUT2D eigenvalue weighted by Crippen LogP contribution is 2.29. The van der Waals surface area contributed by atoms with E-state index in [4.69, 9.17) is 15.3 Å². The van der Waals surface area contributed by atoms with Crippen LogP contribution in [0.5, 0.6) is 11.5 Å². The van der Waals surface area contributed by atoms with Crippen molar-refractivity contribution in [2.75, 3.05) is 36.6 Å². The highest BCUT2D eigenvalue weighted by atomic mass is 32.2. The molecule has 166 valence electrons. The third kappa shape index (κ3) is 6.25. The highest BCUT2D eigenvalue weighted by molar-refractivity contribution is 7.99. The van der Waals surface area contributed by atoms with Crippen LogP contribution in [0.1, 0.15) is 5.56 Å². The van der Waals surface area contributed by atoms with Crippen LogP contribution in [0.2, 0.25) is 0 Å². The molecule has 1 amide bonds. The van der Waals surface area contributed by atoms with Crippen molar-refractivity contribution >= 4 is 41.6 Å². The zero-order valence-corrected chi connectivity index (χ0v) is 18.4. The molecule has 11 heteroatoms. The quantitative estimate of drug-likeness (QED) is 0.185. The standard InChI is InChI=1S/C21H23N7O3S/c1-30-16-10-11-18(31-2)17(13-16)24-19(29)14-32-21-27-26-20(28(21)22)25-23-12-6-9-15-7-4-3-5-8-15/h3-13H,14,22H2,1-2H3,(H,24,29)(H,25,26)/b9-6+,23-12+. The van der Waals surface area contributed by atoms with Crippen LogP contribution in [0, 0.1) is 0 Å². The molecule has 0 fully saturated rings. The maximum Gasteiger partial charge on any atom is 0.264 e. The van der Waals surface area contributed by atoms with Gasteiger partial charge in [0, 0.05) is 12.3 Å². The number of nitrogens with two attached hydrogens (primary N) is 1. The van der Waals surface area contributed by atoms with Crippen molar-refractivity contribution in [1.29, 1.82) is 0 Å². The van der Waals surface area contributed by atoms with E-state index in [0.29, 0.717) is 22.3 Å². The summed E-state index contributed by atoms with van der Waals surface area (Å²) in [4.78, 5) is 12.4. The van der Waals surface area contributed by atoms with Gasteiger partial charge in [-0.2, -0.15) is 5.10 Å². The molecule has 0 aliphatic carbocycles. The van der Waals surface area contributed by atoms with Gasteiger partial charge in [-0.25, -0.2) is 10.1 Å². The van der Waals surface area contributed by atoms with Crippen LogP contribution in [0.3, 0.4) is 0 Å². The number of ether oxygens (including phenoxy) is 2. The van der Waals surface area contributed by atoms with E-state index in [9.17, 15) is 4.79 Å². The molecule has 1 heterocycles. The van der Waals surface area contributed by atoms with Gasteiger partial charge >= 0.3 is 0 Å². The van der Waals surface area contributed by atoms with Crippen molar-refractivity contribution in [2.24, 2.45) is 5.10 Å². The fourth-order valence-corrected chi connectivity index (χ4v) is 3.19. The molecule has 0 spiro atoms. The van der Waals surface area contributed by atoms with Crippen LogP contribution >= 0.6 is 11.8 Å². The largest absolute Gasteiger partial charge is 0.497 e. The molecule has 0 bridgehead atoms. The Kier molecular flexibility index (Phi) is 8.09. The molecule has 10 nitrogen and oxygen atoms in total. The van der Waals surface area contributed by atoms with Crippen molar-refractivity contribution in [2.45, 2.75) is 5.16 Å². The number of rotatable bonds is 10. The van der Waals surface area contributed by atoms with E-state index in [2.05, 4.69) is 26.0 Å². The van der Waals surface area contributed by atoms with Gasteiger partial charge in [0.05, 0.1) is 25.7 Å². The fourth-order valence-electron chi connectivity index (χ4n) is 2.54. The van der Waals surface area contributed by atoms with Gasteiger partial charge in [-0.3, -0.25) is 4.79 Å². The lowest BCUT2D eigenvalue weighted by atomic mass is 10.2. The average Bonchev–Trinajstić information content (AvgIpc) is 3.17. The molecule has 32 heavy (non-hydrogen) atoms. The molecule has 0 saturated carbocycles. The molecule has 3 aromatic rings. The van der Waals surface area contributed by atoms with Crippen molar-refractivity contribution in [3.05, 3.63) is 60.2 Å². The van der Waals surface area contributed by atoms with E-state index in [1.165, 1.54) is 11.8 Å². The predicted molar refractivity (Wildman–Crippen MR) is 127 cm³/mol. The minimum absolute atomic E-state index is 0.0682. The number of nitrogen functional groups attached to an aromatic ring is 1. The number of benzene rings is 2. The smallest absolute Gasteiger partial charge is 0.264 e. The molecule has 4 N–H and O–H groups in total. The van der Waals surface area contributed by atoms with Gasteiger partial charge in [-0.05, 0) is 23.8 Å². The first-order valence-corrected chi connectivity index (χ1v) is 10.4. The number of carbonyl (C=O) groups is 1. The Labute approximate surface area is 189 Å². The van der Waals surface area contributed by atoms with E-state index in [0.717, 1.165) is 17.3 Å². The summed E-state index contributed by atoms with van der Waals surface area (Å²) in [7, 11) is 3.07. The molecule has 1 aromatic heterocycles. The second-order valence-corrected chi connectivity index (χ2v) is 7.18. The Morgan fingerprint density at radius 2 is 2.00 bits per heavy atom. The molecular weight excluding hydrogens is 430 g/mol. The fraction of sp³-hybridized carbons (Fsp3) is 0.143. The van der Waals surface area contributed by atoms with Gasteiger partial charge in [-0.15, -0.1) is 10.2 Å². The summed E-state index contributed by atoms with van der Waals surface area (Å²) >= 11 is 1.13. The summed E-state index contributed by atoms with van der Waals surface area (Å²) in [6.45, 7) is 0. The second kappa shape index (κ2) is 11.4. The number of allylic oxidation sites excluding steroid dienone is 1. The van der Waals surface area contributed by atoms with Crippen molar-refractivity contribution in [1.82, 2.24) is 14.9 Å². The molecule has 0 unspecified atom stereocenters. The van der Waals surface area contributed by atoms with Gasteiger partial charge in [0.15, 0.2) is 0 Å². The first-order valence-electron chi connectivity index (χ1n) is 9.46. The van der Waals surface area contributed by atoms with E-state index in [1.54, 1.807) is 37.6 Å².